The summed E-state index contributed by atoms with van der Waals surface area (Å²) in [5.74, 6) is 0.248. The minimum atomic E-state index is -3.50. The molecule has 0 amide bonds. The Bertz CT molecular complexity index is 999. The van der Waals surface area contributed by atoms with Crippen molar-refractivity contribution in [3.05, 3.63) is 53.0 Å². The lowest BCUT2D eigenvalue weighted by molar-refractivity contribution is 0.601. The van der Waals surface area contributed by atoms with Crippen molar-refractivity contribution < 1.29 is 8.42 Å². The summed E-state index contributed by atoms with van der Waals surface area (Å²) >= 11 is 11.8. The first-order valence-corrected chi connectivity index (χ1v) is 9.62. The fraction of sp³-hybridized carbons (Fsp3) is 0.133. The van der Waals surface area contributed by atoms with Gasteiger partial charge in [0.25, 0.3) is 0 Å². The largest absolute Gasteiger partial charge is 0.368 e. The van der Waals surface area contributed by atoms with E-state index in [-0.39, 0.29) is 22.7 Å². The van der Waals surface area contributed by atoms with Crippen molar-refractivity contribution in [2.45, 2.75) is 0 Å². The van der Waals surface area contributed by atoms with E-state index in [1.807, 2.05) is 6.07 Å². The summed E-state index contributed by atoms with van der Waals surface area (Å²) in [6.45, 7) is 0.130. The van der Waals surface area contributed by atoms with Gasteiger partial charge in [-0.25, -0.2) is 23.4 Å². The third kappa shape index (κ3) is 4.68. The zero-order chi connectivity index (χ0) is 17.9. The first-order chi connectivity index (χ1) is 11.9. The molecular formula is C15H13Cl2N5O2S. The highest BCUT2D eigenvalue weighted by Crippen LogP contribution is 2.23. The Morgan fingerprint density at radius 2 is 1.84 bits per heavy atom. The molecule has 0 spiro atoms. The fourth-order valence-electron chi connectivity index (χ4n) is 2.15. The summed E-state index contributed by atoms with van der Waals surface area (Å²) in [6.07, 6.45) is 1.48. The van der Waals surface area contributed by atoms with Crippen molar-refractivity contribution in [1.82, 2.24) is 15.0 Å². The number of para-hydroxylation sites is 1. The van der Waals surface area contributed by atoms with Gasteiger partial charge in [-0.05, 0) is 29.8 Å². The molecule has 25 heavy (non-hydrogen) atoms. The van der Waals surface area contributed by atoms with Crippen molar-refractivity contribution in [3.63, 3.8) is 0 Å². The lowest BCUT2D eigenvalue weighted by Gasteiger charge is -2.11. The van der Waals surface area contributed by atoms with Crippen LogP contribution in [0.4, 0.5) is 11.5 Å². The van der Waals surface area contributed by atoms with Gasteiger partial charge in [0.1, 0.15) is 11.0 Å². The summed E-state index contributed by atoms with van der Waals surface area (Å²) in [6, 6.07) is 10.3. The zero-order valence-corrected chi connectivity index (χ0v) is 15.1. The summed E-state index contributed by atoms with van der Waals surface area (Å²) in [5.41, 5.74) is 1.02. The Morgan fingerprint density at radius 3 is 2.60 bits per heavy atom. The standard InChI is InChI=1S/C15H13Cl2N5O2S/c16-13-8-11-12(9-19-13)20-15(17)21-14(11)18-6-7-25(23,24)22-10-4-2-1-3-5-10/h1-5,8-9,22H,6-7H2,(H,18,20,21). The molecule has 0 aliphatic carbocycles. The molecule has 3 rings (SSSR count). The number of halogens is 2. The Labute approximate surface area is 154 Å². The van der Waals surface area contributed by atoms with Crippen LogP contribution in [0.1, 0.15) is 0 Å². The summed E-state index contributed by atoms with van der Waals surface area (Å²) < 4.78 is 26.8. The smallest absolute Gasteiger partial charge is 0.234 e. The van der Waals surface area contributed by atoms with Crippen LogP contribution in [0, 0.1) is 0 Å². The summed E-state index contributed by atoms with van der Waals surface area (Å²) in [5, 5.41) is 3.88. The second-order valence-corrected chi connectivity index (χ2v) is 7.65. The molecule has 3 aromatic rings. The van der Waals surface area contributed by atoms with E-state index in [1.54, 1.807) is 30.3 Å². The maximum atomic E-state index is 12.1. The van der Waals surface area contributed by atoms with E-state index in [4.69, 9.17) is 23.2 Å². The molecule has 0 bridgehead atoms. The Morgan fingerprint density at radius 1 is 1.08 bits per heavy atom. The molecule has 1 aromatic carbocycles. The van der Waals surface area contributed by atoms with Gasteiger partial charge in [0.15, 0.2) is 0 Å². The van der Waals surface area contributed by atoms with E-state index >= 15 is 0 Å². The summed E-state index contributed by atoms with van der Waals surface area (Å²) in [4.78, 5) is 12.1. The predicted molar refractivity (Wildman–Crippen MR) is 99.7 cm³/mol. The number of aromatic nitrogens is 3. The number of nitrogens with zero attached hydrogens (tertiary/aromatic N) is 3. The van der Waals surface area contributed by atoms with Gasteiger partial charge in [-0.15, -0.1) is 0 Å². The highest BCUT2D eigenvalue weighted by Gasteiger charge is 2.12. The second kappa shape index (κ2) is 7.38. The molecule has 0 aliphatic rings. The molecule has 0 fully saturated rings. The molecule has 0 aliphatic heterocycles. The van der Waals surface area contributed by atoms with Crippen LogP contribution in [-0.2, 0) is 10.0 Å². The number of nitrogens with one attached hydrogen (secondary N) is 2. The van der Waals surface area contributed by atoms with Gasteiger partial charge in [0.2, 0.25) is 15.3 Å². The van der Waals surface area contributed by atoms with E-state index in [0.29, 0.717) is 22.4 Å². The Balaban J connectivity index is 1.71. The number of benzene rings is 1. The van der Waals surface area contributed by atoms with Gasteiger partial charge in [0, 0.05) is 17.6 Å². The van der Waals surface area contributed by atoms with Gasteiger partial charge in [0.05, 0.1) is 17.5 Å². The lowest BCUT2D eigenvalue weighted by atomic mass is 10.3. The fourth-order valence-corrected chi connectivity index (χ4v) is 3.46. The van der Waals surface area contributed by atoms with Gasteiger partial charge < -0.3 is 5.32 Å². The maximum absolute atomic E-state index is 12.1. The van der Waals surface area contributed by atoms with E-state index in [0.717, 1.165) is 0 Å². The van der Waals surface area contributed by atoms with Gasteiger partial charge in [-0.1, -0.05) is 29.8 Å². The number of pyridine rings is 1. The average molecular weight is 398 g/mol. The first kappa shape index (κ1) is 17.7. The SMILES string of the molecule is O=S(=O)(CCNc1nc(Cl)nc2cnc(Cl)cc12)Nc1ccccc1. The molecule has 7 nitrogen and oxygen atoms in total. The van der Waals surface area contributed by atoms with Crippen molar-refractivity contribution >= 4 is 55.6 Å². The third-order valence-corrected chi connectivity index (χ3v) is 4.90. The van der Waals surface area contributed by atoms with Crippen molar-refractivity contribution in [1.29, 1.82) is 0 Å². The number of fused-ring (bicyclic) bond motifs is 1. The van der Waals surface area contributed by atoms with E-state index in [9.17, 15) is 8.42 Å². The molecule has 0 saturated heterocycles. The number of hydrogen-bond donors (Lipinski definition) is 2. The molecule has 0 unspecified atom stereocenters. The molecular weight excluding hydrogens is 385 g/mol. The van der Waals surface area contributed by atoms with Crippen LogP contribution in [0.3, 0.4) is 0 Å². The molecule has 2 N–H and O–H groups in total. The Kier molecular flexibility index (Phi) is 5.22. The van der Waals surface area contributed by atoms with Crippen molar-refractivity contribution in [2.75, 3.05) is 22.3 Å². The number of rotatable bonds is 6. The predicted octanol–water partition coefficient (Wildman–Crippen LogP) is 3.19. The molecule has 0 saturated carbocycles. The quantitative estimate of drug-likeness (QED) is 0.489. The highest BCUT2D eigenvalue weighted by molar-refractivity contribution is 7.92. The number of hydrogen-bond acceptors (Lipinski definition) is 6. The molecule has 0 radical (unpaired) electrons. The molecule has 2 heterocycles. The van der Waals surface area contributed by atoms with Crippen molar-refractivity contribution in [2.24, 2.45) is 0 Å². The highest BCUT2D eigenvalue weighted by atomic mass is 35.5. The van der Waals surface area contributed by atoms with E-state index < -0.39 is 10.0 Å². The van der Waals surface area contributed by atoms with Crippen LogP contribution in [0.25, 0.3) is 10.9 Å². The monoisotopic (exact) mass is 397 g/mol. The normalized spacial score (nSPS) is 11.4. The van der Waals surface area contributed by atoms with Crippen LogP contribution in [0.15, 0.2) is 42.6 Å². The van der Waals surface area contributed by atoms with Crippen LogP contribution in [0.2, 0.25) is 10.4 Å². The minimum Gasteiger partial charge on any atom is -0.368 e. The van der Waals surface area contributed by atoms with Gasteiger partial charge in [-0.2, -0.15) is 0 Å². The van der Waals surface area contributed by atoms with Crippen molar-refractivity contribution in [3.8, 4) is 0 Å². The van der Waals surface area contributed by atoms with Gasteiger partial charge >= 0.3 is 0 Å². The molecule has 130 valence electrons. The molecule has 10 heteroatoms. The van der Waals surface area contributed by atoms with Crippen LogP contribution in [-0.4, -0.2) is 35.7 Å². The van der Waals surface area contributed by atoms with E-state index in [2.05, 4.69) is 25.0 Å². The topological polar surface area (TPSA) is 96.9 Å². The summed E-state index contributed by atoms with van der Waals surface area (Å²) in [7, 11) is -3.50. The van der Waals surface area contributed by atoms with Crippen LogP contribution in [0.5, 0.6) is 0 Å². The van der Waals surface area contributed by atoms with Crippen LogP contribution < -0.4 is 10.0 Å². The van der Waals surface area contributed by atoms with E-state index in [1.165, 1.54) is 6.20 Å². The third-order valence-electron chi connectivity index (χ3n) is 3.23. The number of anilines is 2. The Hall–Kier alpha value is -2.16. The van der Waals surface area contributed by atoms with Crippen LogP contribution >= 0.6 is 23.2 Å². The number of sulfonamides is 1. The minimum absolute atomic E-state index is 0.0318. The second-order valence-electron chi connectivity index (χ2n) is 5.08. The average Bonchev–Trinajstić information content (AvgIpc) is 2.55. The van der Waals surface area contributed by atoms with Gasteiger partial charge in [-0.3, -0.25) is 4.72 Å². The first-order valence-electron chi connectivity index (χ1n) is 7.21. The maximum Gasteiger partial charge on any atom is 0.234 e. The molecule has 0 atom stereocenters. The molecule has 2 aromatic heterocycles. The lowest BCUT2D eigenvalue weighted by Crippen LogP contribution is -2.22. The zero-order valence-electron chi connectivity index (χ0n) is 12.8.